The van der Waals surface area contributed by atoms with Crippen molar-refractivity contribution in [2.24, 2.45) is 29.1 Å². The SMILES string of the molecule is CC1CCCCC(C)C(C)(C)C2CCCC1C2. The fourth-order valence-electron chi connectivity index (χ4n) is 4.35. The topological polar surface area (TPSA) is 0 Å². The average molecular weight is 236 g/mol. The van der Waals surface area contributed by atoms with E-state index in [0.29, 0.717) is 5.41 Å². The first kappa shape index (κ1) is 13.4. The third kappa shape index (κ3) is 2.88. The van der Waals surface area contributed by atoms with Gasteiger partial charge in [-0.2, -0.15) is 0 Å². The Balaban J connectivity index is 2.13. The summed E-state index contributed by atoms with van der Waals surface area (Å²) in [7, 11) is 0. The van der Waals surface area contributed by atoms with Gasteiger partial charge >= 0.3 is 0 Å². The molecule has 2 fully saturated rings. The molecule has 0 spiro atoms. The van der Waals surface area contributed by atoms with Crippen molar-refractivity contribution in [2.75, 3.05) is 0 Å². The van der Waals surface area contributed by atoms with E-state index in [0.717, 1.165) is 23.7 Å². The van der Waals surface area contributed by atoms with Gasteiger partial charge in [0.1, 0.15) is 0 Å². The fourth-order valence-corrected chi connectivity index (χ4v) is 4.35. The highest BCUT2D eigenvalue weighted by molar-refractivity contribution is 4.89. The van der Waals surface area contributed by atoms with Gasteiger partial charge in [-0.3, -0.25) is 0 Å². The highest BCUT2D eigenvalue weighted by atomic mass is 14.4. The van der Waals surface area contributed by atoms with Crippen LogP contribution in [0.4, 0.5) is 0 Å². The number of fused-ring (bicyclic) bond motifs is 2. The summed E-state index contributed by atoms with van der Waals surface area (Å²) in [4.78, 5) is 0. The van der Waals surface area contributed by atoms with E-state index in [-0.39, 0.29) is 0 Å². The first-order valence-electron chi connectivity index (χ1n) is 8.01. The second kappa shape index (κ2) is 5.33. The average Bonchev–Trinajstić information content (AvgIpc) is 2.33. The summed E-state index contributed by atoms with van der Waals surface area (Å²) < 4.78 is 0. The van der Waals surface area contributed by atoms with Gasteiger partial charge in [-0.1, -0.05) is 66.2 Å². The molecule has 0 saturated heterocycles. The molecule has 0 aliphatic heterocycles. The zero-order valence-corrected chi connectivity index (χ0v) is 12.5. The Labute approximate surface area is 109 Å². The molecule has 0 nitrogen and oxygen atoms in total. The van der Waals surface area contributed by atoms with Crippen LogP contribution in [0.25, 0.3) is 0 Å². The zero-order chi connectivity index (χ0) is 12.5. The summed E-state index contributed by atoms with van der Waals surface area (Å²) in [6.45, 7) is 10.1. The molecule has 100 valence electrons. The van der Waals surface area contributed by atoms with E-state index in [1.54, 1.807) is 0 Å². The first-order chi connectivity index (χ1) is 8.01. The Morgan fingerprint density at radius 2 is 1.53 bits per heavy atom. The maximum atomic E-state index is 2.55. The lowest BCUT2D eigenvalue weighted by atomic mass is 9.60. The molecule has 0 radical (unpaired) electrons. The van der Waals surface area contributed by atoms with Crippen LogP contribution in [0, 0.1) is 29.1 Å². The van der Waals surface area contributed by atoms with Crippen LogP contribution in [0.3, 0.4) is 0 Å². The van der Waals surface area contributed by atoms with E-state index < -0.39 is 0 Å². The lowest BCUT2D eigenvalue weighted by Gasteiger charge is -2.46. The van der Waals surface area contributed by atoms with Crippen LogP contribution in [-0.2, 0) is 0 Å². The summed E-state index contributed by atoms with van der Waals surface area (Å²) in [5.74, 6) is 3.94. The minimum Gasteiger partial charge on any atom is -0.0622 e. The quantitative estimate of drug-likeness (QED) is 0.508. The highest BCUT2D eigenvalue weighted by Crippen LogP contribution is 2.49. The van der Waals surface area contributed by atoms with Crippen LogP contribution in [0.15, 0.2) is 0 Å². The second-order valence-electron chi connectivity index (χ2n) is 7.61. The van der Waals surface area contributed by atoms with Gasteiger partial charge in [0.15, 0.2) is 0 Å². The molecule has 2 rings (SSSR count). The Morgan fingerprint density at radius 1 is 0.824 bits per heavy atom. The van der Waals surface area contributed by atoms with Gasteiger partial charge in [-0.25, -0.2) is 0 Å². The largest absolute Gasteiger partial charge is 0.0622 e. The third-order valence-electron chi connectivity index (χ3n) is 6.39. The summed E-state index contributed by atoms with van der Waals surface area (Å²) in [5.41, 5.74) is 0.579. The van der Waals surface area contributed by atoms with E-state index >= 15 is 0 Å². The van der Waals surface area contributed by atoms with E-state index in [4.69, 9.17) is 0 Å². The van der Waals surface area contributed by atoms with Gasteiger partial charge in [-0.15, -0.1) is 0 Å². The summed E-state index contributed by atoms with van der Waals surface area (Å²) in [6.07, 6.45) is 11.9. The molecular weight excluding hydrogens is 204 g/mol. The van der Waals surface area contributed by atoms with Gasteiger partial charge in [0, 0.05) is 0 Å². The van der Waals surface area contributed by atoms with Crippen LogP contribution in [0.2, 0.25) is 0 Å². The van der Waals surface area contributed by atoms with Gasteiger partial charge < -0.3 is 0 Å². The Morgan fingerprint density at radius 3 is 2.29 bits per heavy atom. The van der Waals surface area contributed by atoms with Crippen LogP contribution >= 0.6 is 0 Å². The van der Waals surface area contributed by atoms with Crippen molar-refractivity contribution < 1.29 is 0 Å². The normalized spacial score (nSPS) is 43.1. The molecule has 0 amide bonds. The van der Waals surface area contributed by atoms with Crippen molar-refractivity contribution in [3.8, 4) is 0 Å². The zero-order valence-electron chi connectivity index (χ0n) is 12.5. The second-order valence-corrected chi connectivity index (χ2v) is 7.61. The predicted molar refractivity (Wildman–Crippen MR) is 76.0 cm³/mol. The predicted octanol–water partition coefficient (Wildman–Crippen LogP) is 5.67. The van der Waals surface area contributed by atoms with Gasteiger partial charge in [0.05, 0.1) is 0 Å². The van der Waals surface area contributed by atoms with Crippen molar-refractivity contribution in [1.82, 2.24) is 0 Å². The van der Waals surface area contributed by atoms with E-state index in [9.17, 15) is 0 Å². The molecule has 2 aliphatic rings. The van der Waals surface area contributed by atoms with Crippen LogP contribution in [0.5, 0.6) is 0 Å². The highest BCUT2D eigenvalue weighted by Gasteiger charge is 2.38. The molecule has 0 heterocycles. The molecule has 4 atom stereocenters. The van der Waals surface area contributed by atoms with E-state index in [1.807, 2.05) is 0 Å². The number of rotatable bonds is 0. The molecule has 0 aromatic heterocycles. The van der Waals surface area contributed by atoms with Crippen molar-refractivity contribution in [3.63, 3.8) is 0 Å². The summed E-state index contributed by atoms with van der Waals surface area (Å²) in [6, 6.07) is 0. The van der Waals surface area contributed by atoms with Gasteiger partial charge in [-0.05, 0) is 41.9 Å². The molecule has 2 bridgehead atoms. The molecule has 4 unspecified atom stereocenters. The lowest BCUT2D eigenvalue weighted by molar-refractivity contribution is 0.0451. The van der Waals surface area contributed by atoms with E-state index in [1.165, 1.54) is 51.4 Å². The standard InChI is InChI=1S/C17H32/c1-13-8-5-6-9-14(2)17(3,4)16-11-7-10-15(13)12-16/h13-16H,5-12H2,1-4H3. The Bertz CT molecular complexity index is 240. The van der Waals surface area contributed by atoms with Crippen LogP contribution < -0.4 is 0 Å². The molecule has 0 heteroatoms. The summed E-state index contributed by atoms with van der Waals surface area (Å²) >= 11 is 0. The Kier molecular flexibility index (Phi) is 4.21. The summed E-state index contributed by atoms with van der Waals surface area (Å²) in [5, 5.41) is 0. The maximum absolute atomic E-state index is 2.55. The Hall–Kier alpha value is 0. The minimum absolute atomic E-state index is 0.579. The molecule has 0 aromatic carbocycles. The molecular formula is C17H32. The molecule has 17 heavy (non-hydrogen) atoms. The first-order valence-corrected chi connectivity index (χ1v) is 8.01. The van der Waals surface area contributed by atoms with Crippen LogP contribution in [-0.4, -0.2) is 0 Å². The molecule has 0 aromatic rings. The number of hydrogen-bond donors (Lipinski definition) is 0. The molecule has 0 N–H and O–H groups in total. The molecule has 2 saturated carbocycles. The monoisotopic (exact) mass is 236 g/mol. The minimum atomic E-state index is 0.579. The third-order valence-corrected chi connectivity index (χ3v) is 6.39. The van der Waals surface area contributed by atoms with Crippen molar-refractivity contribution in [1.29, 1.82) is 0 Å². The van der Waals surface area contributed by atoms with Crippen molar-refractivity contribution in [3.05, 3.63) is 0 Å². The number of hydrogen-bond acceptors (Lipinski definition) is 0. The van der Waals surface area contributed by atoms with E-state index in [2.05, 4.69) is 27.7 Å². The smallest absolute Gasteiger partial charge is 0.0300 e. The fraction of sp³-hybridized carbons (Fsp3) is 1.00. The maximum Gasteiger partial charge on any atom is -0.0300 e. The van der Waals surface area contributed by atoms with Crippen molar-refractivity contribution in [2.45, 2.75) is 79.1 Å². The van der Waals surface area contributed by atoms with Gasteiger partial charge in [0.25, 0.3) is 0 Å². The van der Waals surface area contributed by atoms with Crippen LogP contribution in [0.1, 0.15) is 79.1 Å². The van der Waals surface area contributed by atoms with Gasteiger partial charge in [0.2, 0.25) is 0 Å². The van der Waals surface area contributed by atoms with Crippen molar-refractivity contribution >= 4 is 0 Å². The molecule has 2 aliphatic carbocycles. The lowest BCUT2D eigenvalue weighted by Crippen LogP contribution is -2.36.